The first-order valence-corrected chi connectivity index (χ1v) is 8.08. The highest BCUT2D eigenvalue weighted by molar-refractivity contribution is 5.94. The fourth-order valence-electron chi connectivity index (χ4n) is 2.17. The van der Waals surface area contributed by atoms with Crippen LogP contribution < -0.4 is 0 Å². The number of carbonyl (C=O) groups is 2. The Morgan fingerprint density at radius 3 is 1.50 bits per heavy atom. The summed E-state index contributed by atoms with van der Waals surface area (Å²) in [6, 6.07) is 19.5. The van der Waals surface area contributed by atoms with Crippen LogP contribution in [-0.4, -0.2) is 25.2 Å². The summed E-state index contributed by atoms with van der Waals surface area (Å²) < 4.78 is 10.3. The smallest absolute Gasteiger partial charge is 0.320 e. The van der Waals surface area contributed by atoms with E-state index >= 15 is 0 Å². The first kappa shape index (κ1) is 17.7. The lowest BCUT2D eigenvalue weighted by Gasteiger charge is -2.11. The second-order valence-corrected chi connectivity index (χ2v) is 5.53. The second-order valence-electron chi connectivity index (χ2n) is 5.53. The molecule has 2 rings (SSSR count). The van der Waals surface area contributed by atoms with Crippen LogP contribution in [0.5, 0.6) is 0 Å². The molecular formula is C20H22O4. The van der Waals surface area contributed by atoms with Crippen LogP contribution in [0.1, 0.15) is 18.1 Å². The predicted molar refractivity (Wildman–Crippen MR) is 91.4 cm³/mol. The molecular weight excluding hydrogens is 304 g/mol. The monoisotopic (exact) mass is 326 g/mol. The summed E-state index contributed by atoms with van der Waals surface area (Å²) in [6.45, 7) is 2.02. The largest absolute Gasteiger partial charge is 0.465 e. The van der Waals surface area contributed by atoms with Gasteiger partial charge in [-0.15, -0.1) is 0 Å². The molecule has 0 unspecified atom stereocenters. The highest BCUT2D eigenvalue weighted by Gasteiger charge is 2.24. The molecule has 0 radical (unpaired) electrons. The lowest BCUT2D eigenvalue weighted by Crippen LogP contribution is -2.26. The van der Waals surface area contributed by atoms with Gasteiger partial charge in [-0.05, 0) is 18.1 Å². The lowest BCUT2D eigenvalue weighted by atomic mass is 10.1. The SMILES string of the molecule is CC(C(=O)OCCc1ccccc1)C(=O)OCCc1ccccc1. The molecule has 0 aliphatic carbocycles. The van der Waals surface area contributed by atoms with Gasteiger partial charge >= 0.3 is 11.9 Å². The normalized spacial score (nSPS) is 10.4. The van der Waals surface area contributed by atoms with E-state index in [0.29, 0.717) is 12.8 Å². The molecule has 0 spiro atoms. The zero-order valence-corrected chi connectivity index (χ0v) is 13.8. The standard InChI is InChI=1S/C20H22O4/c1-16(19(21)23-14-12-17-8-4-2-5-9-17)20(22)24-15-13-18-10-6-3-7-11-18/h2-11,16H,12-15H2,1H3. The van der Waals surface area contributed by atoms with Crippen molar-refractivity contribution in [2.75, 3.05) is 13.2 Å². The van der Waals surface area contributed by atoms with Crippen molar-refractivity contribution >= 4 is 11.9 Å². The van der Waals surface area contributed by atoms with E-state index in [0.717, 1.165) is 11.1 Å². The highest BCUT2D eigenvalue weighted by atomic mass is 16.6. The minimum atomic E-state index is -0.906. The number of esters is 2. The van der Waals surface area contributed by atoms with E-state index in [9.17, 15) is 9.59 Å². The molecule has 0 bridgehead atoms. The molecule has 126 valence electrons. The third-order valence-electron chi connectivity index (χ3n) is 3.66. The summed E-state index contributed by atoms with van der Waals surface area (Å²) in [5, 5.41) is 0. The van der Waals surface area contributed by atoms with E-state index in [1.165, 1.54) is 6.92 Å². The van der Waals surface area contributed by atoms with Gasteiger partial charge < -0.3 is 9.47 Å². The molecule has 4 nitrogen and oxygen atoms in total. The van der Waals surface area contributed by atoms with Crippen molar-refractivity contribution in [2.24, 2.45) is 5.92 Å². The van der Waals surface area contributed by atoms with Crippen molar-refractivity contribution in [3.8, 4) is 0 Å². The lowest BCUT2D eigenvalue weighted by molar-refractivity contribution is -0.161. The van der Waals surface area contributed by atoms with Gasteiger partial charge in [-0.2, -0.15) is 0 Å². The number of rotatable bonds is 8. The quantitative estimate of drug-likeness (QED) is 0.552. The van der Waals surface area contributed by atoms with Crippen molar-refractivity contribution in [1.82, 2.24) is 0 Å². The van der Waals surface area contributed by atoms with Crippen LogP contribution in [0.15, 0.2) is 60.7 Å². The van der Waals surface area contributed by atoms with E-state index in [-0.39, 0.29) is 13.2 Å². The van der Waals surface area contributed by atoms with E-state index in [4.69, 9.17) is 9.47 Å². The maximum absolute atomic E-state index is 11.9. The maximum Gasteiger partial charge on any atom is 0.320 e. The van der Waals surface area contributed by atoms with Crippen LogP contribution >= 0.6 is 0 Å². The fourth-order valence-corrected chi connectivity index (χ4v) is 2.17. The molecule has 0 atom stereocenters. The molecule has 0 saturated carbocycles. The second kappa shape index (κ2) is 9.50. The summed E-state index contributed by atoms with van der Waals surface area (Å²) >= 11 is 0. The average Bonchev–Trinajstić information content (AvgIpc) is 2.62. The van der Waals surface area contributed by atoms with Gasteiger partial charge in [0.15, 0.2) is 5.92 Å². The van der Waals surface area contributed by atoms with E-state index in [1.54, 1.807) is 0 Å². The summed E-state index contributed by atoms with van der Waals surface area (Å²) in [6.07, 6.45) is 1.25. The Kier molecular flexibility index (Phi) is 7.02. The molecule has 24 heavy (non-hydrogen) atoms. The minimum Gasteiger partial charge on any atom is -0.465 e. The zero-order chi connectivity index (χ0) is 17.2. The molecule has 0 heterocycles. The predicted octanol–water partition coefficient (Wildman–Crippen LogP) is 3.19. The van der Waals surface area contributed by atoms with Crippen molar-refractivity contribution in [2.45, 2.75) is 19.8 Å². The summed E-state index contributed by atoms with van der Waals surface area (Å²) in [5.41, 5.74) is 2.17. The van der Waals surface area contributed by atoms with E-state index in [1.807, 2.05) is 60.7 Å². The summed E-state index contributed by atoms with van der Waals surface area (Å²) in [4.78, 5) is 23.8. The average molecular weight is 326 g/mol. The molecule has 0 saturated heterocycles. The van der Waals surface area contributed by atoms with Crippen LogP contribution in [-0.2, 0) is 31.9 Å². The van der Waals surface area contributed by atoms with Gasteiger partial charge in [-0.25, -0.2) is 0 Å². The van der Waals surface area contributed by atoms with Gasteiger partial charge in [0.05, 0.1) is 13.2 Å². The molecule has 0 amide bonds. The number of hydrogen-bond acceptors (Lipinski definition) is 4. The molecule has 2 aromatic rings. The Balaban J connectivity index is 1.67. The summed E-state index contributed by atoms with van der Waals surface area (Å²) in [5.74, 6) is -2.00. The van der Waals surface area contributed by atoms with Gasteiger partial charge in [-0.3, -0.25) is 9.59 Å². The number of carbonyl (C=O) groups excluding carboxylic acids is 2. The Labute approximate surface area is 142 Å². The Bertz CT molecular complexity index is 580. The van der Waals surface area contributed by atoms with Gasteiger partial charge in [0.2, 0.25) is 0 Å². The van der Waals surface area contributed by atoms with E-state index in [2.05, 4.69) is 0 Å². The third-order valence-corrected chi connectivity index (χ3v) is 3.66. The Hall–Kier alpha value is -2.62. The third kappa shape index (κ3) is 5.88. The van der Waals surface area contributed by atoms with Crippen LogP contribution in [0.3, 0.4) is 0 Å². The zero-order valence-electron chi connectivity index (χ0n) is 13.8. The Morgan fingerprint density at radius 1 is 0.750 bits per heavy atom. The Morgan fingerprint density at radius 2 is 1.12 bits per heavy atom. The van der Waals surface area contributed by atoms with Crippen LogP contribution in [0.4, 0.5) is 0 Å². The van der Waals surface area contributed by atoms with Crippen molar-refractivity contribution in [1.29, 1.82) is 0 Å². The summed E-state index contributed by atoms with van der Waals surface area (Å²) in [7, 11) is 0. The van der Waals surface area contributed by atoms with Crippen molar-refractivity contribution in [3.63, 3.8) is 0 Å². The highest BCUT2D eigenvalue weighted by Crippen LogP contribution is 2.06. The van der Waals surface area contributed by atoms with Crippen molar-refractivity contribution < 1.29 is 19.1 Å². The van der Waals surface area contributed by atoms with Gasteiger partial charge in [0, 0.05) is 12.8 Å². The molecule has 0 N–H and O–H groups in total. The van der Waals surface area contributed by atoms with Crippen LogP contribution in [0.25, 0.3) is 0 Å². The number of hydrogen-bond donors (Lipinski definition) is 0. The molecule has 4 heteroatoms. The fraction of sp³-hybridized carbons (Fsp3) is 0.300. The number of ether oxygens (including phenoxy) is 2. The topological polar surface area (TPSA) is 52.6 Å². The van der Waals surface area contributed by atoms with Gasteiger partial charge in [-0.1, -0.05) is 60.7 Å². The van der Waals surface area contributed by atoms with Crippen molar-refractivity contribution in [3.05, 3.63) is 71.8 Å². The maximum atomic E-state index is 11.9. The van der Waals surface area contributed by atoms with Crippen LogP contribution in [0.2, 0.25) is 0 Å². The molecule has 2 aromatic carbocycles. The van der Waals surface area contributed by atoms with Gasteiger partial charge in [0.1, 0.15) is 0 Å². The van der Waals surface area contributed by atoms with Gasteiger partial charge in [0.25, 0.3) is 0 Å². The molecule has 0 aromatic heterocycles. The first-order valence-electron chi connectivity index (χ1n) is 8.08. The molecule has 0 aliphatic heterocycles. The van der Waals surface area contributed by atoms with E-state index < -0.39 is 17.9 Å². The number of benzene rings is 2. The molecule has 0 fully saturated rings. The minimum absolute atomic E-state index is 0.254. The first-order chi connectivity index (χ1) is 11.7. The van der Waals surface area contributed by atoms with Crippen LogP contribution in [0, 0.1) is 5.92 Å². The molecule has 0 aliphatic rings.